The molecule has 0 amide bonds. The van der Waals surface area contributed by atoms with Crippen molar-refractivity contribution in [2.24, 2.45) is 20.7 Å². The summed E-state index contributed by atoms with van der Waals surface area (Å²) in [6, 6.07) is 20.8. The zero-order valence-corrected chi connectivity index (χ0v) is 21.5. The third-order valence-electron chi connectivity index (χ3n) is 5.66. The van der Waals surface area contributed by atoms with E-state index in [4.69, 9.17) is 22.4 Å². The maximum atomic E-state index is 10.9. The van der Waals surface area contributed by atoms with Gasteiger partial charge in [0.05, 0.1) is 22.6 Å². The van der Waals surface area contributed by atoms with E-state index in [2.05, 4.69) is 24.9 Å². The average Bonchev–Trinajstić information content (AvgIpc) is 3.32. The van der Waals surface area contributed by atoms with Crippen LogP contribution in [-0.4, -0.2) is 46.0 Å². The number of halogens is 1. The maximum absolute atomic E-state index is 10.9. The minimum atomic E-state index is -1.01. The number of carboxylic acids is 1. The minimum absolute atomic E-state index is 0.0764. The molecule has 0 bridgehead atoms. The lowest BCUT2D eigenvalue weighted by Gasteiger charge is -2.08. The van der Waals surface area contributed by atoms with E-state index in [1.165, 1.54) is 6.08 Å². The summed E-state index contributed by atoms with van der Waals surface area (Å²) in [5.74, 6) is -0.393. The average molecular weight is 527 g/mol. The van der Waals surface area contributed by atoms with Gasteiger partial charge in [0.2, 0.25) is 5.96 Å². The number of para-hydroxylation sites is 2. The Kier molecular flexibility index (Phi) is 8.79. The van der Waals surface area contributed by atoms with Crippen LogP contribution in [0.5, 0.6) is 0 Å². The van der Waals surface area contributed by atoms with Gasteiger partial charge in [-0.1, -0.05) is 54.1 Å². The highest BCUT2D eigenvalue weighted by Crippen LogP contribution is 2.22. The second kappa shape index (κ2) is 12.6. The third kappa shape index (κ3) is 7.47. The first kappa shape index (κ1) is 26.5. The number of aliphatic carboxylic acids is 1. The molecule has 1 atom stereocenters. The van der Waals surface area contributed by atoms with Crippen LogP contribution in [0.25, 0.3) is 17.1 Å². The first-order valence-electron chi connectivity index (χ1n) is 12.0. The van der Waals surface area contributed by atoms with E-state index in [0.717, 1.165) is 39.6 Å². The van der Waals surface area contributed by atoms with Crippen LogP contribution >= 0.6 is 11.6 Å². The molecule has 3 aromatic carbocycles. The number of nitrogens with one attached hydrogen (secondary N) is 1. The highest BCUT2D eigenvalue weighted by molar-refractivity contribution is 6.31. The SMILES string of the molecule is Cc1ccc(N=C(N)N=CC(C=NCCc2nc3ccccc3[nH]2)c2cccc(/C=C/C(=O)O)c2)cc1Cl. The number of hydrogen-bond acceptors (Lipinski definition) is 4. The first-order valence-corrected chi connectivity index (χ1v) is 12.3. The predicted molar refractivity (Wildman–Crippen MR) is 155 cm³/mol. The van der Waals surface area contributed by atoms with Crippen LogP contribution in [0.15, 0.2) is 87.8 Å². The van der Waals surface area contributed by atoms with E-state index in [0.29, 0.717) is 23.7 Å². The van der Waals surface area contributed by atoms with Crippen LogP contribution in [-0.2, 0) is 11.2 Å². The van der Waals surface area contributed by atoms with Crippen LogP contribution in [0.1, 0.15) is 28.4 Å². The van der Waals surface area contributed by atoms with Crippen molar-refractivity contribution in [1.29, 1.82) is 0 Å². The van der Waals surface area contributed by atoms with E-state index in [-0.39, 0.29) is 11.9 Å². The summed E-state index contributed by atoms with van der Waals surface area (Å²) < 4.78 is 0. The summed E-state index contributed by atoms with van der Waals surface area (Å²) in [6.45, 7) is 2.43. The van der Waals surface area contributed by atoms with E-state index in [1.54, 1.807) is 18.5 Å². The number of fused-ring (bicyclic) bond motifs is 1. The lowest BCUT2D eigenvalue weighted by atomic mass is 9.99. The molecule has 1 aromatic heterocycles. The van der Waals surface area contributed by atoms with Crippen LogP contribution in [0, 0.1) is 6.92 Å². The molecule has 192 valence electrons. The van der Waals surface area contributed by atoms with Crippen molar-refractivity contribution < 1.29 is 9.90 Å². The number of nitrogens with two attached hydrogens (primary N) is 1. The summed E-state index contributed by atoms with van der Waals surface area (Å²) in [4.78, 5) is 32.1. The lowest BCUT2D eigenvalue weighted by Crippen LogP contribution is -2.11. The topological polar surface area (TPSA) is 129 Å². The summed E-state index contributed by atoms with van der Waals surface area (Å²) in [5, 5.41) is 9.56. The summed E-state index contributed by atoms with van der Waals surface area (Å²) >= 11 is 6.19. The van der Waals surface area contributed by atoms with Crippen molar-refractivity contribution in [2.75, 3.05) is 6.54 Å². The molecule has 1 heterocycles. The van der Waals surface area contributed by atoms with Gasteiger partial charge in [0.15, 0.2) is 0 Å². The molecule has 0 spiro atoms. The second-order valence-electron chi connectivity index (χ2n) is 8.56. The fraction of sp³-hybridized carbons (Fsp3) is 0.138. The Morgan fingerprint density at radius 3 is 2.76 bits per heavy atom. The first-order chi connectivity index (χ1) is 18.4. The molecule has 4 rings (SSSR count). The Hall–Kier alpha value is -4.56. The van der Waals surface area contributed by atoms with E-state index in [1.807, 2.05) is 67.6 Å². The number of nitrogens with zero attached hydrogens (tertiary/aromatic N) is 4. The Labute approximate surface area is 225 Å². The second-order valence-corrected chi connectivity index (χ2v) is 8.96. The van der Waals surface area contributed by atoms with Crippen molar-refractivity contribution in [3.8, 4) is 0 Å². The Morgan fingerprint density at radius 2 is 1.97 bits per heavy atom. The van der Waals surface area contributed by atoms with E-state index >= 15 is 0 Å². The number of carboxylic acid groups (broad SMARTS) is 1. The number of aliphatic imine (C=N–C) groups is 3. The summed E-state index contributed by atoms with van der Waals surface area (Å²) in [6.07, 6.45) is 6.74. The number of aromatic amines is 1. The highest BCUT2D eigenvalue weighted by atomic mass is 35.5. The van der Waals surface area contributed by atoms with Gasteiger partial charge in [-0.3, -0.25) is 4.99 Å². The Bertz CT molecular complexity index is 1520. The molecule has 4 N–H and O–H groups in total. The number of benzene rings is 3. The quantitative estimate of drug-likeness (QED) is 0.146. The molecule has 0 saturated heterocycles. The monoisotopic (exact) mass is 526 g/mol. The molecule has 1 unspecified atom stereocenters. The molecule has 38 heavy (non-hydrogen) atoms. The number of H-pyrrole nitrogens is 1. The molecule has 0 aliphatic carbocycles. The minimum Gasteiger partial charge on any atom is -0.478 e. The van der Waals surface area contributed by atoms with Crippen molar-refractivity contribution >= 4 is 58.8 Å². The number of rotatable bonds is 9. The fourth-order valence-electron chi connectivity index (χ4n) is 3.70. The third-order valence-corrected chi connectivity index (χ3v) is 6.07. The van der Waals surface area contributed by atoms with Gasteiger partial charge >= 0.3 is 5.97 Å². The zero-order chi connectivity index (χ0) is 26.9. The number of carbonyl (C=O) groups is 1. The van der Waals surface area contributed by atoms with Gasteiger partial charge in [0.25, 0.3) is 0 Å². The van der Waals surface area contributed by atoms with Crippen LogP contribution < -0.4 is 5.73 Å². The zero-order valence-electron chi connectivity index (χ0n) is 20.8. The number of aromatic nitrogens is 2. The van der Waals surface area contributed by atoms with Crippen molar-refractivity contribution in [2.45, 2.75) is 19.3 Å². The standard InChI is InChI=1S/C29H27ClN6O2/c1-19-9-11-23(16-24(19)30)34-29(31)33-18-22(21-6-4-5-20(15-21)10-12-28(37)38)17-32-14-13-27-35-25-7-2-3-8-26(25)36-27/h2-12,15-18,22H,13-14H2,1H3,(H2,31,34)(H,35,36)(H,37,38)/b12-10+,32-17?,33-18?. The van der Waals surface area contributed by atoms with Gasteiger partial charge in [-0.05, 0) is 54.0 Å². The Balaban J connectivity index is 1.53. The molecule has 0 saturated carbocycles. The van der Waals surface area contributed by atoms with Crippen molar-refractivity contribution in [3.05, 3.63) is 100 Å². The van der Waals surface area contributed by atoms with Gasteiger partial charge in [-0.15, -0.1) is 0 Å². The number of imidazole rings is 1. The van der Waals surface area contributed by atoms with Crippen molar-refractivity contribution in [3.63, 3.8) is 0 Å². The predicted octanol–water partition coefficient (Wildman–Crippen LogP) is 5.74. The molecular weight excluding hydrogens is 500 g/mol. The van der Waals surface area contributed by atoms with Crippen LogP contribution in [0.4, 0.5) is 5.69 Å². The largest absolute Gasteiger partial charge is 0.478 e. The van der Waals surface area contributed by atoms with E-state index in [9.17, 15) is 4.79 Å². The van der Waals surface area contributed by atoms with Gasteiger partial charge in [-0.2, -0.15) is 0 Å². The molecule has 4 aromatic rings. The maximum Gasteiger partial charge on any atom is 0.328 e. The van der Waals surface area contributed by atoms with Gasteiger partial charge in [0.1, 0.15) is 5.82 Å². The molecule has 0 aliphatic heterocycles. The molecule has 8 nitrogen and oxygen atoms in total. The fourth-order valence-corrected chi connectivity index (χ4v) is 3.87. The van der Waals surface area contributed by atoms with Crippen LogP contribution in [0.2, 0.25) is 5.02 Å². The summed E-state index contributed by atoms with van der Waals surface area (Å²) in [5.41, 5.74) is 11.2. The smallest absolute Gasteiger partial charge is 0.328 e. The lowest BCUT2D eigenvalue weighted by molar-refractivity contribution is -0.131. The van der Waals surface area contributed by atoms with Gasteiger partial charge < -0.3 is 15.8 Å². The van der Waals surface area contributed by atoms with Gasteiger partial charge in [-0.25, -0.2) is 19.8 Å². The molecule has 0 radical (unpaired) electrons. The van der Waals surface area contributed by atoms with Crippen LogP contribution in [0.3, 0.4) is 0 Å². The van der Waals surface area contributed by atoms with Crippen molar-refractivity contribution in [1.82, 2.24) is 9.97 Å². The number of hydrogen-bond donors (Lipinski definition) is 3. The van der Waals surface area contributed by atoms with E-state index < -0.39 is 5.97 Å². The normalized spacial score (nSPS) is 13.3. The molecule has 0 fully saturated rings. The summed E-state index contributed by atoms with van der Waals surface area (Å²) in [7, 11) is 0. The molecule has 9 heteroatoms. The van der Waals surface area contributed by atoms with Gasteiger partial charge in [0, 0.05) is 36.5 Å². The molecule has 0 aliphatic rings. The highest BCUT2D eigenvalue weighted by Gasteiger charge is 2.08. The number of guanidine groups is 1. The molecular formula is C29H27ClN6O2. The number of aryl methyl sites for hydroxylation is 1. The Morgan fingerprint density at radius 1 is 1.13 bits per heavy atom.